The molecule has 1 rings (SSSR count). The van der Waals surface area contributed by atoms with E-state index in [1.165, 1.54) is 0 Å². The van der Waals surface area contributed by atoms with Crippen molar-refractivity contribution in [3.63, 3.8) is 0 Å². The molecule has 5 heteroatoms. The van der Waals surface area contributed by atoms with Gasteiger partial charge in [0.15, 0.2) is 6.54 Å². The highest BCUT2D eigenvalue weighted by molar-refractivity contribution is 5.93. The van der Waals surface area contributed by atoms with Gasteiger partial charge < -0.3 is 16.0 Å². The number of primary amides is 1. The average molecular weight is 236 g/mol. The highest BCUT2D eigenvalue weighted by Crippen LogP contribution is 2.03. The summed E-state index contributed by atoms with van der Waals surface area (Å²) in [6.07, 6.45) is 0. The van der Waals surface area contributed by atoms with Crippen LogP contribution in [0.4, 0.5) is 0 Å². The van der Waals surface area contributed by atoms with Crippen molar-refractivity contribution in [1.29, 1.82) is 0 Å². The molecular formula is C12H18N3O2+. The lowest BCUT2D eigenvalue weighted by Gasteiger charge is -2.11. The van der Waals surface area contributed by atoms with Gasteiger partial charge in [-0.1, -0.05) is 12.1 Å². The van der Waals surface area contributed by atoms with Crippen LogP contribution in [0.2, 0.25) is 0 Å². The Hall–Kier alpha value is -1.88. The van der Waals surface area contributed by atoms with Gasteiger partial charge in [-0.15, -0.1) is 0 Å². The fourth-order valence-corrected chi connectivity index (χ4v) is 1.63. The molecule has 5 nitrogen and oxygen atoms in total. The number of nitrogens with one attached hydrogen (secondary N) is 2. The van der Waals surface area contributed by atoms with Crippen molar-refractivity contribution in [2.75, 3.05) is 20.6 Å². The third-order valence-corrected chi connectivity index (χ3v) is 2.43. The van der Waals surface area contributed by atoms with Crippen molar-refractivity contribution in [3.05, 3.63) is 35.4 Å². The maximum Gasteiger partial charge on any atom is 0.272 e. The first-order chi connectivity index (χ1) is 8.02. The molecule has 1 atom stereocenters. The summed E-state index contributed by atoms with van der Waals surface area (Å²) in [5.74, 6) is -0.418. The van der Waals surface area contributed by atoms with Crippen LogP contribution in [-0.2, 0) is 11.3 Å². The van der Waals surface area contributed by atoms with Crippen molar-refractivity contribution < 1.29 is 14.5 Å². The summed E-state index contributed by atoms with van der Waals surface area (Å²) in [6.45, 7) is 1.01. The van der Waals surface area contributed by atoms with Gasteiger partial charge in [0.2, 0.25) is 0 Å². The molecule has 0 aromatic heterocycles. The van der Waals surface area contributed by atoms with Crippen LogP contribution < -0.4 is 16.0 Å². The van der Waals surface area contributed by atoms with Crippen LogP contribution in [0.1, 0.15) is 15.9 Å². The molecule has 2 amide bonds. The maximum atomic E-state index is 11.3. The first-order valence-corrected chi connectivity index (χ1v) is 5.43. The fourth-order valence-electron chi connectivity index (χ4n) is 1.63. The number of likely N-dealkylation sites (N-methyl/N-ethyl adjacent to an activating group) is 1. The molecule has 0 heterocycles. The van der Waals surface area contributed by atoms with E-state index in [9.17, 15) is 9.59 Å². The molecule has 0 aliphatic carbocycles. The Kier molecular flexibility index (Phi) is 4.66. The van der Waals surface area contributed by atoms with Gasteiger partial charge in [0, 0.05) is 18.2 Å². The predicted octanol–water partition coefficient (Wildman–Crippen LogP) is -1.45. The lowest BCUT2D eigenvalue weighted by Crippen LogP contribution is -3.08. The summed E-state index contributed by atoms with van der Waals surface area (Å²) in [7, 11) is 3.50. The molecule has 1 aromatic rings. The van der Waals surface area contributed by atoms with Crippen molar-refractivity contribution in [3.8, 4) is 0 Å². The molecule has 0 aliphatic rings. The molecule has 17 heavy (non-hydrogen) atoms. The smallest absolute Gasteiger partial charge is 0.272 e. The Morgan fingerprint density at radius 1 is 1.29 bits per heavy atom. The molecule has 0 spiro atoms. The van der Waals surface area contributed by atoms with Gasteiger partial charge in [-0.2, -0.15) is 0 Å². The van der Waals surface area contributed by atoms with E-state index in [0.717, 1.165) is 10.5 Å². The minimum absolute atomic E-state index is 0.102. The minimum atomic E-state index is -0.315. The van der Waals surface area contributed by atoms with Gasteiger partial charge in [-0.25, -0.2) is 0 Å². The lowest BCUT2D eigenvalue weighted by molar-refractivity contribution is -0.885. The Balaban J connectivity index is 2.62. The van der Waals surface area contributed by atoms with Crippen molar-refractivity contribution in [2.24, 2.45) is 5.73 Å². The second-order valence-electron chi connectivity index (χ2n) is 4.05. The summed E-state index contributed by atoms with van der Waals surface area (Å²) in [5.41, 5.74) is 6.81. The van der Waals surface area contributed by atoms with Gasteiger partial charge in [0.25, 0.3) is 11.8 Å². The molecule has 0 saturated heterocycles. The van der Waals surface area contributed by atoms with E-state index in [-0.39, 0.29) is 11.8 Å². The zero-order chi connectivity index (χ0) is 12.8. The number of carbonyl (C=O) groups excluding carboxylic acids is 2. The van der Waals surface area contributed by atoms with Crippen LogP contribution in [-0.4, -0.2) is 32.5 Å². The normalized spacial score (nSPS) is 11.9. The van der Waals surface area contributed by atoms with Gasteiger partial charge in [-0.3, -0.25) is 9.59 Å². The van der Waals surface area contributed by atoms with E-state index in [4.69, 9.17) is 5.73 Å². The Labute approximate surface area is 101 Å². The summed E-state index contributed by atoms with van der Waals surface area (Å²) >= 11 is 0. The largest absolute Gasteiger partial charge is 0.365 e. The Morgan fingerprint density at radius 2 is 1.88 bits per heavy atom. The number of quaternary nitrogens is 1. The van der Waals surface area contributed by atoms with Crippen molar-refractivity contribution >= 4 is 11.8 Å². The number of amides is 2. The van der Waals surface area contributed by atoms with Crippen LogP contribution in [0, 0.1) is 0 Å². The van der Waals surface area contributed by atoms with Crippen molar-refractivity contribution in [2.45, 2.75) is 6.54 Å². The maximum absolute atomic E-state index is 11.3. The quantitative estimate of drug-likeness (QED) is 0.585. The van der Waals surface area contributed by atoms with E-state index in [1.807, 2.05) is 19.2 Å². The Bertz CT molecular complexity index is 401. The standard InChI is InChI=1S/C12H17N3O2/c1-14-12(17)10-5-3-9(4-6-10)7-15(2)8-11(13)16/h3-6H,7-8H2,1-2H3,(H2,13,16)(H,14,17)/p+1. The van der Waals surface area contributed by atoms with Gasteiger partial charge in [0.05, 0.1) is 7.05 Å². The Morgan fingerprint density at radius 3 is 2.35 bits per heavy atom. The predicted molar refractivity (Wildman–Crippen MR) is 64.5 cm³/mol. The average Bonchev–Trinajstić information content (AvgIpc) is 2.28. The number of carbonyl (C=O) groups is 2. The highest BCUT2D eigenvalue weighted by atomic mass is 16.2. The van der Waals surface area contributed by atoms with Crippen LogP contribution in [0.3, 0.4) is 0 Å². The molecule has 1 aromatic carbocycles. The molecule has 0 bridgehead atoms. The number of hydrogen-bond acceptors (Lipinski definition) is 2. The summed E-state index contributed by atoms with van der Waals surface area (Å²) in [5, 5.41) is 2.56. The SMILES string of the molecule is CNC(=O)c1ccc(C[NH+](C)CC(N)=O)cc1. The molecule has 4 N–H and O–H groups in total. The van der Waals surface area contributed by atoms with E-state index in [0.29, 0.717) is 18.7 Å². The lowest BCUT2D eigenvalue weighted by atomic mass is 10.1. The fraction of sp³-hybridized carbons (Fsp3) is 0.333. The molecule has 0 saturated carbocycles. The number of benzene rings is 1. The van der Waals surface area contributed by atoms with Crippen LogP contribution in [0.25, 0.3) is 0 Å². The third kappa shape index (κ3) is 4.24. The third-order valence-electron chi connectivity index (χ3n) is 2.43. The van der Waals surface area contributed by atoms with Crippen LogP contribution in [0.5, 0.6) is 0 Å². The first-order valence-electron chi connectivity index (χ1n) is 5.43. The first kappa shape index (κ1) is 13.2. The summed E-state index contributed by atoms with van der Waals surface area (Å²) < 4.78 is 0. The summed E-state index contributed by atoms with van der Waals surface area (Å²) in [4.78, 5) is 23.1. The summed E-state index contributed by atoms with van der Waals surface area (Å²) in [6, 6.07) is 7.31. The highest BCUT2D eigenvalue weighted by Gasteiger charge is 2.08. The molecule has 0 aliphatic heterocycles. The van der Waals surface area contributed by atoms with E-state index < -0.39 is 0 Å². The van der Waals surface area contributed by atoms with Crippen molar-refractivity contribution in [1.82, 2.24) is 5.32 Å². The van der Waals surface area contributed by atoms with E-state index >= 15 is 0 Å². The van der Waals surface area contributed by atoms with E-state index in [2.05, 4.69) is 5.32 Å². The van der Waals surface area contributed by atoms with Crippen LogP contribution in [0.15, 0.2) is 24.3 Å². The zero-order valence-electron chi connectivity index (χ0n) is 10.1. The molecule has 1 unspecified atom stereocenters. The van der Waals surface area contributed by atoms with Gasteiger partial charge >= 0.3 is 0 Å². The zero-order valence-corrected chi connectivity index (χ0v) is 10.1. The second kappa shape index (κ2) is 6.00. The number of nitrogens with two attached hydrogens (primary N) is 1. The number of hydrogen-bond donors (Lipinski definition) is 3. The van der Waals surface area contributed by atoms with E-state index in [1.54, 1.807) is 19.2 Å². The monoisotopic (exact) mass is 236 g/mol. The molecular weight excluding hydrogens is 218 g/mol. The minimum Gasteiger partial charge on any atom is -0.365 e. The second-order valence-corrected chi connectivity index (χ2v) is 4.05. The molecule has 0 radical (unpaired) electrons. The van der Waals surface area contributed by atoms with Gasteiger partial charge in [-0.05, 0) is 12.1 Å². The topological polar surface area (TPSA) is 76.6 Å². The molecule has 92 valence electrons. The van der Waals surface area contributed by atoms with Crippen LogP contribution >= 0.6 is 0 Å². The molecule has 0 fully saturated rings. The number of rotatable bonds is 5. The van der Waals surface area contributed by atoms with Gasteiger partial charge in [0.1, 0.15) is 6.54 Å².